The van der Waals surface area contributed by atoms with Crippen LogP contribution in [0.4, 0.5) is 8.78 Å². The number of aliphatic carboxylic acids is 1. The Morgan fingerprint density at radius 2 is 1.87 bits per heavy atom. The summed E-state index contributed by atoms with van der Waals surface area (Å²) in [4.78, 5) is 23.4. The average molecular weight is 431 g/mol. The maximum atomic E-state index is 13.6. The molecule has 0 spiro atoms. The number of nitrogens with one attached hydrogen (secondary N) is 1. The molecule has 0 aromatic heterocycles. The molecule has 0 radical (unpaired) electrons. The van der Waals surface area contributed by atoms with Crippen molar-refractivity contribution in [2.24, 2.45) is 0 Å². The number of hydrogen-bond donors (Lipinski definition) is 2. The predicted molar refractivity (Wildman–Crippen MR) is 88.1 cm³/mol. The van der Waals surface area contributed by atoms with Gasteiger partial charge in [0.05, 0.1) is 5.56 Å². The first-order chi connectivity index (χ1) is 10.9. The molecular formula is C16H12F2INO3. The number of carboxylic acid groups (broad SMARTS) is 1. The third-order valence-corrected chi connectivity index (χ3v) is 4.21. The molecule has 0 aliphatic rings. The largest absolute Gasteiger partial charge is 0.480 e. The Labute approximate surface area is 144 Å². The molecule has 0 bridgehead atoms. The molecule has 2 aromatic carbocycles. The van der Waals surface area contributed by atoms with Crippen molar-refractivity contribution in [3.8, 4) is 0 Å². The van der Waals surface area contributed by atoms with Crippen molar-refractivity contribution in [1.82, 2.24) is 5.32 Å². The Balaban J connectivity index is 2.18. The monoisotopic (exact) mass is 431 g/mol. The minimum atomic E-state index is -1.24. The normalized spacial score (nSPS) is 11.8. The van der Waals surface area contributed by atoms with Crippen LogP contribution in [0.3, 0.4) is 0 Å². The maximum Gasteiger partial charge on any atom is 0.326 e. The van der Waals surface area contributed by atoms with E-state index >= 15 is 0 Å². The van der Waals surface area contributed by atoms with E-state index in [0.29, 0.717) is 6.07 Å². The van der Waals surface area contributed by atoms with E-state index in [0.717, 1.165) is 21.3 Å². The zero-order valence-corrected chi connectivity index (χ0v) is 13.9. The maximum absolute atomic E-state index is 13.6. The van der Waals surface area contributed by atoms with Crippen molar-refractivity contribution in [3.05, 3.63) is 68.8 Å². The molecule has 0 aliphatic heterocycles. The number of amides is 1. The highest BCUT2D eigenvalue weighted by Gasteiger charge is 2.23. The van der Waals surface area contributed by atoms with E-state index in [9.17, 15) is 23.5 Å². The number of carboxylic acids is 1. The summed E-state index contributed by atoms with van der Waals surface area (Å²) in [5.74, 6) is -3.99. The smallest absolute Gasteiger partial charge is 0.326 e. The molecule has 0 aliphatic carbocycles. The zero-order chi connectivity index (χ0) is 17.0. The summed E-state index contributed by atoms with van der Waals surface area (Å²) in [6.45, 7) is 0. The molecule has 2 aromatic rings. The third-order valence-electron chi connectivity index (χ3n) is 3.16. The molecular weight excluding hydrogens is 419 g/mol. The zero-order valence-electron chi connectivity index (χ0n) is 11.7. The standard InChI is InChI=1S/C16H12F2INO3/c17-10-5-6-11(12(18)8-10)15(21)20-14(16(22)23)7-9-3-1-2-4-13(9)19/h1-6,8,14H,7H2,(H,20,21)(H,22,23)/t14-/m0/s1. The molecule has 7 heteroatoms. The lowest BCUT2D eigenvalue weighted by Gasteiger charge is -2.16. The number of rotatable bonds is 5. The highest BCUT2D eigenvalue weighted by Crippen LogP contribution is 2.15. The molecule has 2 rings (SSSR count). The molecule has 0 heterocycles. The first-order valence-corrected chi connectivity index (χ1v) is 7.68. The van der Waals surface area contributed by atoms with Gasteiger partial charge in [0.2, 0.25) is 0 Å². The molecule has 23 heavy (non-hydrogen) atoms. The van der Waals surface area contributed by atoms with Crippen LogP contribution in [0.15, 0.2) is 42.5 Å². The second kappa shape index (κ2) is 7.49. The molecule has 120 valence electrons. The summed E-state index contributed by atoms with van der Waals surface area (Å²) >= 11 is 2.06. The Morgan fingerprint density at radius 1 is 1.17 bits per heavy atom. The Hall–Kier alpha value is -2.03. The fourth-order valence-corrected chi connectivity index (χ4v) is 2.60. The van der Waals surface area contributed by atoms with Gasteiger partial charge >= 0.3 is 5.97 Å². The number of hydrogen-bond acceptors (Lipinski definition) is 2. The molecule has 0 saturated carbocycles. The summed E-state index contributed by atoms with van der Waals surface area (Å²) in [6.07, 6.45) is 0.0585. The number of carbonyl (C=O) groups excluding carboxylic acids is 1. The van der Waals surface area contributed by atoms with Crippen LogP contribution in [-0.2, 0) is 11.2 Å². The predicted octanol–water partition coefficient (Wildman–Crippen LogP) is 3.00. The molecule has 0 saturated heterocycles. The van der Waals surface area contributed by atoms with E-state index in [1.807, 2.05) is 12.1 Å². The van der Waals surface area contributed by atoms with Gasteiger partial charge in [0.15, 0.2) is 0 Å². The lowest BCUT2D eigenvalue weighted by atomic mass is 10.1. The quantitative estimate of drug-likeness (QED) is 0.716. The van der Waals surface area contributed by atoms with Gasteiger partial charge in [-0.1, -0.05) is 18.2 Å². The van der Waals surface area contributed by atoms with Crippen molar-refractivity contribution in [2.45, 2.75) is 12.5 Å². The van der Waals surface area contributed by atoms with Crippen LogP contribution >= 0.6 is 22.6 Å². The van der Waals surface area contributed by atoms with Crippen LogP contribution in [0.5, 0.6) is 0 Å². The lowest BCUT2D eigenvalue weighted by molar-refractivity contribution is -0.139. The highest BCUT2D eigenvalue weighted by molar-refractivity contribution is 14.1. The van der Waals surface area contributed by atoms with E-state index in [2.05, 4.69) is 27.9 Å². The Bertz CT molecular complexity index is 752. The highest BCUT2D eigenvalue weighted by atomic mass is 127. The molecule has 4 nitrogen and oxygen atoms in total. The van der Waals surface area contributed by atoms with Crippen molar-refractivity contribution in [3.63, 3.8) is 0 Å². The molecule has 0 fully saturated rings. The van der Waals surface area contributed by atoms with Gasteiger partial charge in [0.1, 0.15) is 17.7 Å². The molecule has 1 amide bonds. The van der Waals surface area contributed by atoms with Gasteiger partial charge < -0.3 is 10.4 Å². The summed E-state index contributed by atoms with van der Waals surface area (Å²) < 4.78 is 27.3. The lowest BCUT2D eigenvalue weighted by Crippen LogP contribution is -2.42. The number of carbonyl (C=O) groups is 2. The van der Waals surface area contributed by atoms with Gasteiger partial charge in [-0.15, -0.1) is 0 Å². The minimum Gasteiger partial charge on any atom is -0.480 e. The first kappa shape index (κ1) is 17.3. The van der Waals surface area contributed by atoms with E-state index < -0.39 is 35.1 Å². The average Bonchev–Trinajstić information content (AvgIpc) is 2.48. The Kier molecular flexibility index (Phi) is 5.64. The SMILES string of the molecule is O=C(N[C@@H](Cc1ccccc1I)C(=O)O)c1ccc(F)cc1F. The van der Waals surface area contributed by atoms with Crippen LogP contribution in [-0.4, -0.2) is 23.0 Å². The second-order valence-corrected chi connectivity index (χ2v) is 5.95. The number of benzene rings is 2. The number of halogens is 3. The van der Waals surface area contributed by atoms with Crippen molar-refractivity contribution in [1.29, 1.82) is 0 Å². The van der Waals surface area contributed by atoms with Crippen LogP contribution < -0.4 is 5.32 Å². The van der Waals surface area contributed by atoms with Gasteiger partial charge in [0.25, 0.3) is 5.91 Å². The fraction of sp³-hybridized carbons (Fsp3) is 0.125. The molecule has 0 unspecified atom stereocenters. The van der Waals surface area contributed by atoms with Crippen molar-refractivity contribution in [2.75, 3.05) is 0 Å². The first-order valence-electron chi connectivity index (χ1n) is 6.60. The van der Waals surface area contributed by atoms with Crippen LogP contribution in [0.1, 0.15) is 15.9 Å². The minimum absolute atomic E-state index is 0.0585. The van der Waals surface area contributed by atoms with Gasteiger partial charge in [0, 0.05) is 16.1 Å². The summed E-state index contributed by atoms with van der Waals surface area (Å²) in [5, 5.41) is 11.5. The van der Waals surface area contributed by atoms with Gasteiger partial charge in [-0.05, 0) is 46.4 Å². The van der Waals surface area contributed by atoms with Crippen LogP contribution in [0.25, 0.3) is 0 Å². The summed E-state index contributed by atoms with van der Waals surface area (Å²) in [6, 6.07) is 8.41. The third kappa shape index (κ3) is 4.47. The Morgan fingerprint density at radius 3 is 2.48 bits per heavy atom. The summed E-state index contributed by atoms with van der Waals surface area (Å²) in [7, 11) is 0. The van der Waals surface area contributed by atoms with Gasteiger partial charge in [-0.25, -0.2) is 13.6 Å². The van der Waals surface area contributed by atoms with E-state index in [1.54, 1.807) is 12.1 Å². The van der Waals surface area contributed by atoms with E-state index in [4.69, 9.17) is 0 Å². The van der Waals surface area contributed by atoms with Gasteiger partial charge in [-0.2, -0.15) is 0 Å². The van der Waals surface area contributed by atoms with Gasteiger partial charge in [-0.3, -0.25) is 4.79 Å². The summed E-state index contributed by atoms with van der Waals surface area (Å²) in [5.41, 5.74) is 0.348. The van der Waals surface area contributed by atoms with Crippen LogP contribution in [0.2, 0.25) is 0 Å². The molecule has 1 atom stereocenters. The van der Waals surface area contributed by atoms with Crippen LogP contribution in [0, 0.1) is 15.2 Å². The molecule has 2 N–H and O–H groups in total. The second-order valence-electron chi connectivity index (χ2n) is 4.78. The van der Waals surface area contributed by atoms with Crippen molar-refractivity contribution >= 4 is 34.5 Å². The van der Waals surface area contributed by atoms with E-state index in [-0.39, 0.29) is 6.42 Å². The van der Waals surface area contributed by atoms with Crippen molar-refractivity contribution < 1.29 is 23.5 Å². The fourth-order valence-electron chi connectivity index (χ4n) is 1.99. The topological polar surface area (TPSA) is 66.4 Å². The van der Waals surface area contributed by atoms with E-state index in [1.165, 1.54) is 0 Å².